The van der Waals surface area contributed by atoms with E-state index in [-0.39, 0.29) is 6.54 Å². The van der Waals surface area contributed by atoms with Gasteiger partial charge in [-0.2, -0.15) is 0 Å². The number of urea groups is 1. The number of nitrogens with one attached hydrogen (secondary N) is 1. The van der Waals surface area contributed by atoms with Crippen LogP contribution in [-0.2, 0) is 4.79 Å². The Morgan fingerprint density at radius 1 is 1.24 bits per heavy atom. The van der Waals surface area contributed by atoms with Crippen molar-refractivity contribution >= 4 is 17.7 Å². The van der Waals surface area contributed by atoms with Gasteiger partial charge in [-0.15, -0.1) is 0 Å². The molecule has 0 spiro atoms. The minimum Gasteiger partial charge on any atom is -0.480 e. The van der Waals surface area contributed by atoms with E-state index < -0.39 is 40.7 Å². The summed E-state index contributed by atoms with van der Waals surface area (Å²) in [7, 11) is 0. The second kappa shape index (κ2) is 6.02. The molecule has 5 nitrogen and oxygen atoms in total. The molecule has 0 unspecified atom stereocenters. The Kier molecular flexibility index (Phi) is 4.82. The summed E-state index contributed by atoms with van der Waals surface area (Å²) < 4.78 is 39.7. The number of carboxylic acid groups (broad SMARTS) is 1. The van der Waals surface area contributed by atoms with E-state index in [0.29, 0.717) is 12.1 Å². The SMILES string of the molecule is CCN(C(=O)Nc1c(F)cc(F)cc1F)C(C)(C)C(=O)O. The highest BCUT2D eigenvalue weighted by atomic mass is 19.1. The molecule has 8 heteroatoms. The Balaban J connectivity index is 3.08. The number of carbonyl (C=O) groups is 2. The average Bonchev–Trinajstić information content (AvgIpc) is 2.34. The van der Waals surface area contributed by atoms with E-state index in [1.54, 1.807) is 0 Å². The average molecular weight is 304 g/mol. The monoisotopic (exact) mass is 304 g/mol. The summed E-state index contributed by atoms with van der Waals surface area (Å²) in [4.78, 5) is 24.0. The summed E-state index contributed by atoms with van der Waals surface area (Å²) in [6.45, 7) is 4.06. The van der Waals surface area contributed by atoms with Crippen LogP contribution in [0.25, 0.3) is 0 Å². The first-order chi connectivity index (χ1) is 9.61. The van der Waals surface area contributed by atoms with Gasteiger partial charge in [-0.1, -0.05) is 0 Å². The Morgan fingerprint density at radius 2 is 1.71 bits per heavy atom. The van der Waals surface area contributed by atoms with E-state index in [1.165, 1.54) is 20.8 Å². The van der Waals surface area contributed by atoms with Gasteiger partial charge in [-0.25, -0.2) is 22.8 Å². The molecule has 0 saturated heterocycles. The van der Waals surface area contributed by atoms with E-state index in [2.05, 4.69) is 0 Å². The van der Waals surface area contributed by atoms with Gasteiger partial charge in [0.15, 0.2) is 11.6 Å². The van der Waals surface area contributed by atoms with Crippen molar-refractivity contribution in [2.75, 3.05) is 11.9 Å². The second-order valence-electron chi connectivity index (χ2n) is 4.78. The number of hydrogen-bond acceptors (Lipinski definition) is 2. The maximum absolute atomic E-state index is 13.5. The topological polar surface area (TPSA) is 69.6 Å². The van der Waals surface area contributed by atoms with Crippen LogP contribution < -0.4 is 5.32 Å². The minimum atomic E-state index is -1.58. The fourth-order valence-electron chi connectivity index (χ4n) is 1.74. The van der Waals surface area contributed by atoms with Crippen LogP contribution in [0.1, 0.15) is 20.8 Å². The molecule has 0 radical (unpaired) electrons. The summed E-state index contributed by atoms with van der Waals surface area (Å²) in [6, 6.07) is -0.177. The van der Waals surface area contributed by atoms with Gasteiger partial charge >= 0.3 is 12.0 Å². The lowest BCUT2D eigenvalue weighted by Gasteiger charge is -2.34. The molecule has 0 aromatic heterocycles. The van der Waals surface area contributed by atoms with Gasteiger partial charge in [0.1, 0.15) is 17.0 Å². The maximum Gasteiger partial charge on any atom is 0.329 e. The second-order valence-corrected chi connectivity index (χ2v) is 4.78. The Hall–Kier alpha value is -2.25. The van der Waals surface area contributed by atoms with E-state index in [9.17, 15) is 22.8 Å². The molecular weight excluding hydrogens is 289 g/mol. The number of halogens is 3. The predicted molar refractivity (Wildman–Crippen MR) is 69.4 cm³/mol. The molecule has 0 saturated carbocycles. The van der Waals surface area contributed by atoms with Crippen molar-refractivity contribution < 1.29 is 27.9 Å². The smallest absolute Gasteiger partial charge is 0.329 e. The van der Waals surface area contributed by atoms with Gasteiger partial charge in [-0.3, -0.25) is 0 Å². The normalized spacial score (nSPS) is 11.1. The van der Waals surface area contributed by atoms with Crippen LogP contribution in [0.4, 0.5) is 23.7 Å². The molecular formula is C13H15F3N2O3. The molecule has 21 heavy (non-hydrogen) atoms. The lowest BCUT2D eigenvalue weighted by molar-refractivity contribution is -0.147. The molecule has 1 aromatic rings. The number of aliphatic carboxylic acids is 1. The van der Waals surface area contributed by atoms with E-state index in [0.717, 1.165) is 4.90 Å². The first-order valence-electron chi connectivity index (χ1n) is 6.07. The first-order valence-corrected chi connectivity index (χ1v) is 6.07. The quantitative estimate of drug-likeness (QED) is 0.898. The van der Waals surface area contributed by atoms with Gasteiger partial charge in [0, 0.05) is 18.7 Å². The van der Waals surface area contributed by atoms with Crippen molar-refractivity contribution in [3.63, 3.8) is 0 Å². The fraction of sp³-hybridized carbons (Fsp3) is 0.385. The number of carbonyl (C=O) groups excluding carboxylic acids is 1. The summed E-state index contributed by atoms with van der Waals surface area (Å²) in [5.41, 5.74) is -2.41. The van der Waals surface area contributed by atoms with Crippen LogP contribution in [0.2, 0.25) is 0 Å². The highest BCUT2D eigenvalue weighted by Gasteiger charge is 2.37. The predicted octanol–water partition coefficient (Wildman–Crippen LogP) is 2.82. The van der Waals surface area contributed by atoms with Crippen LogP contribution in [0.5, 0.6) is 0 Å². The number of carboxylic acids is 1. The zero-order chi connectivity index (χ0) is 16.4. The summed E-state index contributed by atoms with van der Waals surface area (Å²) >= 11 is 0. The third-order valence-electron chi connectivity index (χ3n) is 3.00. The first kappa shape index (κ1) is 16.8. The molecule has 0 fully saturated rings. The standard InChI is InChI=1S/C13H15F3N2O3/c1-4-18(13(2,3)11(19)20)12(21)17-10-8(15)5-7(14)6-9(10)16/h5-6H,4H2,1-3H3,(H,17,21)(H,19,20). The molecule has 0 atom stereocenters. The number of rotatable bonds is 4. The number of nitrogens with zero attached hydrogens (tertiary/aromatic N) is 1. The van der Waals surface area contributed by atoms with Crippen LogP contribution in [0.15, 0.2) is 12.1 Å². The Labute approximate surface area is 119 Å². The van der Waals surface area contributed by atoms with Crippen molar-refractivity contribution in [2.45, 2.75) is 26.3 Å². The number of hydrogen-bond donors (Lipinski definition) is 2. The Bertz CT molecular complexity index is 553. The number of benzene rings is 1. The molecule has 2 N–H and O–H groups in total. The molecule has 116 valence electrons. The van der Waals surface area contributed by atoms with Crippen molar-refractivity contribution in [3.8, 4) is 0 Å². The third-order valence-corrected chi connectivity index (χ3v) is 3.00. The highest BCUT2D eigenvalue weighted by molar-refractivity contribution is 5.93. The molecule has 1 rings (SSSR count). The molecule has 0 aliphatic heterocycles. The molecule has 1 aromatic carbocycles. The van der Waals surface area contributed by atoms with Crippen molar-refractivity contribution in [1.29, 1.82) is 0 Å². The lowest BCUT2D eigenvalue weighted by atomic mass is 10.0. The van der Waals surface area contributed by atoms with Crippen LogP contribution in [0, 0.1) is 17.5 Å². The number of amides is 2. The highest BCUT2D eigenvalue weighted by Crippen LogP contribution is 2.22. The van der Waals surface area contributed by atoms with Gasteiger partial charge in [0.05, 0.1) is 0 Å². The molecule has 2 amide bonds. The minimum absolute atomic E-state index is 0.00440. The van der Waals surface area contributed by atoms with Gasteiger partial charge in [0.25, 0.3) is 0 Å². The van der Waals surface area contributed by atoms with E-state index in [4.69, 9.17) is 5.11 Å². The van der Waals surface area contributed by atoms with Crippen LogP contribution in [0.3, 0.4) is 0 Å². The fourth-order valence-corrected chi connectivity index (χ4v) is 1.74. The van der Waals surface area contributed by atoms with Crippen molar-refractivity contribution in [1.82, 2.24) is 4.90 Å². The lowest BCUT2D eigenvalue weighted by Crippen LogP contribution is -2.54. The van der Waals surface area contributed by atoms with Gasteiger partial charge in [-0.05, 0) is 20.8 Å². The number of anilines is 1. The van der Waals surface area contributed by atoms with Crippen LogP contribution >= 0.6 is 0 Å². The Morgan fingerprint density at radius 3 is 2.10 bits per heavy atom. The van der Waals surface area contributed by atoms with Crippen molar-refractivity contribution in [3.05, 3.63) is 29.6 Å². The summed E-state index contributed by atoms with van der Waals surface area (Å²) in [5, 5.41) is 11.0. The summed E-state index contributed by atoms with van der Waals surface area (Å²) in [5.74, 6) is -4.98. The zero-order valence-corrected chi connectivity index (χ0v) is 11.7. The maximum atomic E-state index is 13.5. The molecule has 0 heterocycles. The van der Waals surface area contributed by atoms with Gasteiger partial charge < -0.3 is 15.3 Å². The van der Waals surface area contributed by atoms with E-state index in [1.807, 2.05) is 5.32 Å². The molecule has 0 aliphatic carbocycles. The van der Waals surface area contributed by atoms with Gasteiger partial charge in [0.2, 0.25) is 0 Å². The molecule has 0 bridgehead atoms. The zero-order valence-electron chi connectivity index (χ0n) is 11.7. The molecule has 0 aliphatic rings. The van der Waals surface area contributed by atoms with Crippen molar-refractivity contribution in [2.24, 2.45) is 0 Å². The largest absolute Gasteiger partial charge is 0.480 e. The number of likely N-dealkylation sites (N-methyl/N-ethyl adjacent to an activating group) is 1. The van der Waals surface area contributed by atoms with Crippen LogP contribution in [-0.4, -0.2) is 34.1 Å². The third kappa shape index (κ3) is 3.45. The van der Waals surface area contributed by atoms with E-state index >= 15 is 0 Å². The summed E-state index contributed by atoms with van der Waals surface area (Å²) in [6.07, 6.45) is 0.